The molecule has 1 aliphatic rings. The first kappa shape index (κ1) is 21.6. The van der Waals surface area contributed by atoms with E-state index in [1.54, 1.807) is 44.2 Å². The smallest absolute Gasteiger partial charge is 0.303 e. The van der Waals surface area contributed by atoms with E-state index in [0.717, 1.165) is 24.0 Å². The van der Waals surface area contributed by atoms with Gasteiger partial charge in [0.05, 0.1) is 11.6 Å². The highest BCUT2D eigenvalue weighted by atomic mass is 19.2. The number of carbonyl (C=O) groups is 3. The molecule has 158 valence electrons. The zero-order chi connectivity index (χ0) is 22.1. The van der Waals surface area contributed by atoms with Crippen LogP contribution >= 0.6 is 0 Å². The van der Waals surface area contributed by atoms with Gasteiger partial charge in [0.15, 0.2) is 11.6 Å². The van der Waals surface area contributed by atoms with Gasteiger partial charge in [-0.1, -0.05) is 36.4 Å². The van der Waals surface area contributed by atoms with Crippen LogP contribution < -0.4 is 0 Å². The molecule has 0 bridgehead atoms. The fourth-order valence-corrected chi connectivity index (χ4v) is 3.52. The van der Waals surface area contributed by atoms with Crippen molar-refractivity contribution in [1.82, 2.24) is 4.90 Å². The second-order valence-corrected chi connectivity index (χ2v) is 7.47. The lowest BCUT2D eigenvalue weighted by Gasteiger charge is -2.45. The van der Waals surface area contributed by atoms with Gasteiger partial charge in [-0.2, -0.15) is 0 Å². The van der Waals surface area contributed by atoms with E-state index in [0.29, 0.717) is 5.56 Å². The number of amides is 2. The Kier molecular flexibility index (Phi) is 5.98. The number of hydrogen-bond acceptors (Lipinski definition) is 5. The lowest BCUT2D eigenvalue weighted by molar-refractivity contribution is -0.186. The Labute approximate surface area is 172 Å². The summed E-state index contributed by atoms with van der Waals surface area (Å²) in [5.74, 6) is -4.36. The van der Waals surface area contributed by atoms with Crippen molar-refractivity contribution in [3.63, 3.8) is 0 Å². The molecule has 2 aromatic carbocycles. The van der Waals surface area contributed by atoms with Crippen molar-refractivity contribution in [2.45, 2.75) is 38.5 Å². The van der Waals surface area contributed by atoms with Gasteiger partial charge in [0, 0.05) is 12.5 Å². The largest absolute Gasteiger partial charge is 0.447 e. The highest BCUT2D eigenvalue weighted by molar-refractivity contribution is 6.00. The predicted molar refractivity (Wildman–Crippen MR) is 102 cm³/mol. The Morgan fingerprint density at radius 3 is 2.40 bits per heavy atom. The van der Waals surface area contributed by atoms with Gasteiger partial charge in [-0.25, -0.2) is 8.78 Å². The van der Waals surface area contributed by atoms with Crippen LogP contribution in [-0.4, -0.2) is 34.9 Å². The topological polar surface area (TPSA) is 72.9 Å². The molecule has 2 atom stereocenters. The third-order valence-electron chi connectivity index (χ3n) is 4.86. The Morgan fingerprint density at radius 1 is 1.13 bits per heavy atom. The summed E-state index contributed by atoms with van der Waals surface area (Å²) < 4.78 is 38.2. The molecule has 2 amide bonds. The minimum absolute atomic E-state index is 0.176. The van der Waals surface area contributed by atoms with Gasteiger partial charge in [0.1, 0.15) is 6.61 Å². The summed E-state index contributed by atoms with van der Waals surface area (Å²) >= 11 is 0. The van der Waals surface area contributed by atoms with Crippen molar-refractivity contribution in [3.8, 4) is 0 Å². The summed E-state index contributed by atoms with van der Waals surface area (Å²) in [5.41, 5.74) is -0.556. The van der Waals surface area contributed by atoms with Crippen LogP contribution in [0.15, 0.2) is 48.5 Å². The van der Waals surface area contributed by atoms with Crippen LogP contribution in [-0.2, 0) is 23.9 Å². The Morgan fingerprint density at radius 2 is 1.80 bits per heavy atom. The van der Waals surface area contributed by atoms with Crippen molar-refractivity contribution in [1.29, 1.82) is 0 Å². The van der Waals surface area contributed by atoms with Crippen LogP contribution in [0.1, 0.15) is 44.0 Å². The van der Waals surface area contributed by atoms with Crippen LogP contribution in [0.25, 0.3) is 0 Å². The molecular weight excluding hydrogens is 396 g/mol. The SMILES string of the molecule is CC(=O)O[C@@H](C(=O)N1C(=O)COC(C)(C)C1c1ccc(F)c(F)c1)c1ccccc1. The highest BCUT2D eigenvalue weighted by Crippen LogP contribution is 2.40. The molecule has 0 saturated carbocycles. The molecule has 0 aromatic heterocycles. The van der Waals surface area contributed by atoms with Crippen molar-refractivity contribution < 1.29 is 32.6 Å². The van der Waals surface area contributed by atoms with Crippen LogP contribution in [0, 0.1) is 11.6 Å². The normalized spacial score (nSPS) is 19.3. The maximum atomic E-state index is 13.9. The molecule has 2 aromatic rings. The van der Waals surface area contributed by atoms with E-state index in [1.807, 2.05) is 0 Å². The second kappa shape index (κ2) is 8.31. The van der Waals surface area contributed by atoms with Gasteiger partial charge in [-0.3, -0.25) is 19.3 Å². The van der Waals surface area contributed by atoms with Crippen LogP contribution in [0.4, 0.5) is 8.78 Å². The molecule has 0 spiro atoms. The quantitative estimate of drug-likeness (QED) is 0.713. The van der Waals surface area contributed by atoms with E-state index in [2.05, 4.69) is 0 Å². The van der Waals surface area contributed by atoms with Gasteiger partial charge in [0.2, 0.25) is 6.10 Å². The zero-order valence-corrected chi connectivity index (χ0v) is 16.7. The monoisotopic (exact) mass is 417 g/mol. The zero-order valence-electron chi connectivity index (χ0n) is 16.7. The number of rotatable bonds is 4. The Hall–Kier alpha value is -3.13. The fraction of sp³-hybridized carbons (Fsp3) is 0.318. The number of benzene rings is 2. The molecule has 30 heavy (non-hydrogen) atoms. The molecule has 1 saturated heterocycles. The van der Waals surface area contributed by atoms with E-state index < -0.39 is 47.2 Å². The van der Waals surface area contributed by atoms with E-state index in [-0.39, 0.29) is 12.2 Å². The fourth-order valence-electron chi connectivity index (χ4n) is 3.52. The summed E-state index contributed by atoms with van der Waals surface area (Å²) in [7, 11) is 0. The van der Waals surface area contributed by atoms with Gasteiger partial charge in [-0.05, 0) is 31.5 Å². The van der Waals surface area contributed by atoms with Crippen molar-refractivity contribution in [3.05, 3.63) is 71.3 Å². The minimum Gasteiger partial charge on any atom is -0.447 e. The standard InChI is InChI=1S/C22H21F2NO5/c1-13(26)30-19(14-7-5-4-6-8-14)21(28)25-18(27)12-29-22(2,3)20(25)15-9-10-16(23)17(24)11-15/h4-11,19-20H,12H2,1-3H3/t19-,20?/m1/s1. The van der Waals surface area contributed by atoms with Crippen LogP contribution in [0.5, 0.6) is 0 Å². The predicted octanol–water partition coefficient (Wildman–Crippen LogP) is 3.47. The average Bonchev–Trinajstić information content (AvgIpc) is 2.70. The highest BCUT2D eigenvalue weighted by Gasteiger charge is 2.48. The van der Waals surface area contributed by atoms with Crippen molar-refractivity contribution in [2.75, 3.05) is 6.61 Å². The number of ether oxygens (including phenoxy) is 2. The van der Waals surface area contributed by atoms with Crippen molar-refractivity contribution >= 4 is 17.8 Å². The maximum absolute atomic E-state index is 13.9. The average molecular weight is 417 g/mol. The minimum atomic E-state index is -1.38. The molecule has 8 heteroatoms. The third-order valence-corrected chi connectivity index (χ3v) is 4.86. The molecule has 1 heterocycles. The number of halogens is 2. The molecule has 0 radical (unpaired) electrons. The lowest BCUT2D eigenvalue weighted by atomic mass is 9.87. The van der Waals surface area contributed by atoms with Crippen LogP contribution in [0.2, 0.25) is 0 Å². The molecule has 1 aliphatic heterocycles. The van der Waals surface area contributed by atoms with Gasteiger partial charge < -0.3 is 9.47 Å². The van der Waals surface area contributed by atoms with E-state index in [1.165, 1.54) is 6.07 Å². The Bertz CT molecular complexity index is 977. The third kappa shape index (κ3) is 4.23. The number of nitrogens with zero attached hydrogens (tertiary/aromatic N) is 1. The van der Waals surface area contributed by atoms with E-state index >= 15 is 0 Å². The maximum Gasteiger partial charge on any atom is 0.303 e. The molecular formula is C22H21F2NO5. The molecule has 0 aliphatic carbocycles. The van der Waals surface area contributed by atoms with E-state index in [9.17, 15) is 23.2 Å². The molecule has 6 nitrogen and oxygen atoms in total. The summed E-state index contributed by atoms with van der Waals surface area (Å²) in [6, 6.07) is 10.3. The molecule has 1 unspecified atom stereocenters. The number of carbonyl (C=O) groups excluding carboxylic acids is 3. The van der Waals surface area contributed by atoms with Gasteiger partial charge in [-0.15, -0.1) is 0 Å². The van der Waals surface area contributed by atoms with Crippen LogP contribution in [0.3, 0.4) is 0 Å². The second-order valence-electron chi connectivity index (χ2n) is 7.47. The van der Waals surface area contributed by atoms with Crippen molar-refractivity contribution in [2.24, 2.45) is 0 Å². The summed E-state index contributed by atoms with van der Waals surface area (Å²) in [4.78, 5) is 38.8. The molecule has 1 fully saturated rings. The summed E-state index contributed by atoms with van der Waals surface area (Å²) in [5, 5.41) is 0. The first-order chi connectivity index (χ1) is 14.1. The Balaban J connectivity index is 2.09. The lowest BCUT2D eigenvalue weighted by Crippen LogP contribution is -2.57. The number of imide groups is 1. The summed E-state index contributed by atoms with van der Waals surface area (Å²) in [6.07, 6.45) is -1.38. The number of hydrogen-bond donors (Lipinski definition) is 0. The number of morpholine rings is 1. The first-order valence-electron chi connectivity index (χ1n) is 9.29. The number of esters is 1. The van der Waals surface area contributed by atoms with Gasteiger partial charge >= 0.3 is 5.97 Å². The van der Waals surface area contributed by atoms with Gasteiger partial charge in [0.25, 0.3) is 11.8 Å². The van der Waals surface area contributed by atoms with E-state index in [4.69, 9.17) is 9.47 Å². The summed E-state index contributed by atoms with van der Waals surface area (Å²) in [6.45, 7) is 4.03. The molecule has 3 rings (SSSR count). The first-order valence-corrected chi connectivity index (χ1v) is 9.29. The molecule has 0 N–H and O–H groups in total.